The average molecular weight is 249 g/mol. The molecule has 0 radical (unpaired) electrons. The Labute approximate surface area is 106 Å². The molecular formula is C12H19N5O. The number of rotatable bonds is 5. The van der Waals surface area contributed by atoms with E-state index in [1.807, 2.05) is 11.5 Å². The lowest BCUT2D eigenvalue weighted by molar-refractivity contribution is 0.330. The molecule has 2 aromatic heterocycles. The molecule has 0 aliphatic carbocycles. The lowest BCUT2D eigenvalue weighted by atomic mass is 10.2. The van der Waals surface area contributed by atoms with Crippen molar-refractivity contribution in [3.8, 4) is 5.88 Å². The predicted octanol–water partition coefficient (Wildman–Crippen LogP) is 2.17. The Morgan fingerprint density at radius 1 is 1.39 bits per heavy atom. The van der Waals surface area contributed by atoms with Crippen molar-refractivity contribution < 1.29 is 4.74 Å². The summed E-state index contributed by atoms with van der Waals surface area (Å²) in [6.07, 6.45) is 3.96. The molecule has 2 aromatic rings. The Bertz CT molecular complexity index is 536. The topological polar surface area (TPSA) is 78.8 Å². The van der Waals surface area contributed by atoms with Gasteiger partial charge in [-0.1, -0.05) is 13.3 Å². The van der Waals surface area contributed by atoms with E-state index in [0.29, 0.717) is 24.0 Å². The maximum Gasteiger partial charge on any atom is 0.247 e. The van der Waals surface area contributed by atoms with Crippen LogP contribution in [0.15, 0.2) is 6.33 Å². The quantitative estimate of drug-likeness (QED) is 0.878. The summed E-state index contributed by atoms with van der Waals surface area (Å²) in [6, 6.07) is 0.337. The van der Waals surface area contributed by atoms with Crippen LogP contribution in [0, 0.1) is 0 Å². The third-order valence-electron chi connectivity index (χ3n) is 2.87. The van der Waals surface area contributed by atoms with Gasteiger partial charge in [-0.2, -0.15) is 9.97 Å². The SMILES string of the molecule is CCCC(C)n1cnc2c(OCC)nc(N)nc21. The summed E-state index contributed by atoms with van der Waals surface area (Å²) >= 11 is 0. The fourth-order valence-electron chi connectivity index (χ4n) is 2.02. The molecule has 2 N–H and O–H groups in total. The van der Waals surface area contributed by atoms with Gasteiger partial charge in [-0.15, -0.1) is 0 Å². The zero-order valence-corrected chi connectivity index (χ0v) is 11.1. The van der Waals surface area contributed by atoms with Crippen LogP contribution in [0.5, 0.6) is 5.88 Å². The number of hydrogen-bond acceptors (Lipinski definition) is 5. The van der Waals surface area contributed by atoms with Gasteiger partial charge in [0.1, 0.15) is 0 Å². The van der Waals surface area contributed by atoms with Crippen molar-refractivity contribution in [2.24, 2.45) is 0 Å². The summed E-state index contributed by atoms with van der Waals surface area (Å²) in [4.78, 5) is 12.7. The molecule has 0 saturated heterocycles. The van der Waals surface area contributed by atoms with Gasteiger partial charge in [-0.05, 0) is 20.3 Å². The molecule has 6 heteroatoms. The number of nitrogens with two attached hydrogens (primary N) is 1. The number of fused-ring (bicyclic) bond motifs is 1. The van der Waals surface area contributed by atoms with Crippen molar-refractivity contribution in [1.82, 2.24) is 19.5 Å². The third kappa shape index (κ3) is 2.23. The van der Waals surface area contributed by atoms with Gasteiger partial charge in [0.25, 0.3) is 0 Å². The second-order valence-corrected chi connectivity index (χ2v) is 4.28. The fraction of sp³-hybridized carbons (Fsp3) is 0.583. The van der Waals surface area contributed by atoms with Gasteiger partial charge in [-0.3, -0.25) is 0 Å². The number of nitrogens with zero attached hydrogens (tertiary/aromatic N) is 4. The van der Waals surface area contributed by atoms with Gasteiger partial charge in [0, 0.05) is 6.04 Å². The third-order valence-corrected chi connectivity index (χ3v) is 2.87. The number of nitrogen functional groups attached to an aromatic ring is 1. The van der Waals surface area contributed by atoms with E-state index in [-0.39, 0.29) is 5.95 Å². The van der Waals surface area contributed by atoms with Gasteiger partial charge < -0.3 is 15.0 Å². The number of anilines is 1. The first-order valence-corrected chi connectivity index (χ1v) is 6.30. The Hall–Kier alpha value is -1.85. The summed E-state index contributed by atoms with van der Waals surface area (Å²) in [5.41, 5.74) is 7.13. The molecule has 18 heavy (non-hydrogen) atoms. The molecule has 0 bridgehead atoms. The van der Waals surface area contributed by atoms with Crippen LogP contribution in [0.2, 0.25) is 0 Å². The molecule has 0 aliphatic rings. The Morgan fingerprint density at radius 2 is 2.17 bits per heavy atom. The van der Waals surface area contributed by atoms with E-state index in [4.69, 9.17) is 10.5 Å². The second-order valence-electron chi connectivity index (χ2n) is 4.28. The minimum atomic E-state index is 0.219. The molecule has 0 aliphatic heterocycles. The lowest BCUT2D eigenvalue weighted by Crippen LogP contribution is -2.07. The van der Waals surface area contributed by atoms with Crippen LogP contribution < -0.4 is 10.5 Å². The van der Waals surface area contributed by atoms with E-state index in [1.165, 1.54) is 0 Å². The van der Waals surface area contributed by atoms with Crippen LogP contribution >= 0.6 is 0 Å². The van der Waals surface area contributed by atoms with Crippen molar-refractivity contribution in [3.63, 3.8) is 0 Å². The van der Waals surface area contributed by atoms with Crippen LogP contribution in [0.1, 0.15) is 39.7 Å². The molecule has 0 saturated carbocycles. The van der Waals surface area contributed by atoms with Crippen molar-refractivity contribution in [3.05, 3.63) is 6.33 Å². The van der Waals surface area contributed by atoms with Gasteiger partial charge in [-0.25, -0.2) is 4.98 Å². The molecule has 0 aromatic carbocycles. The maximum atomic E-state index is 5.71. The molecule has 0 amide bonds. The summed E-state index contributed by atoms with van der Waals surface area (Å²) in [7, 11) is 0. The van der Waals surface area contributed by atoms with E-state index in [1.54, 1.807) is 6.33 Å². The first kappa shape index (κ1) is 12.6. The Balaban J connectivity index is 2.51. The fourth-order valence-corrected chi connectivity index (χ4v) is 2.02. The van der Waals surface area contributed by atoms with Crippen molar-refractivity contribution in [2.45, 2.75) is 39.7 Å². The highest BCUT2D eigenvalue weighted by atomic mass is 16.5. The van der Waals surface area contributed by atoms with Gasteiger partial charge >= 0.3 is 0 Å². The number of hydrogen-bond donors (Lipinski definition) is 1. The molecule has 2 rings (SSSR count). The van der Waals surface area contributed by atoms with E-state index < -0.39 is 0 Å². The second kappa shape index (κ2) is 5.20. The van der Waals surface area contributed by atoms with E-state index in [2.05, 4.69) is 28.8 Å². The minimum absolute atomic E-state index is 0.219. The van der Waals surface area contributed by atoms with Crippen LogP contribution in [0.4, 0.5) is 5.95 Å². The summed E-state index contributed by atoms with van der Waals surface area (Å²) in [5.74, 6) is 0.679. The molecule has 1 atom stereocenters. The highest BCUT2D eigenvalue weighted by Crippen LogP contribution is 2.25. The standard InChI is InChI=1S/C12H19N5O/c1-4-6-8(3)17-7-14-9-10(17)15-12(13)16-11(9)18-5-2/h7-8H,4-6H2,1-3H3,(H2,13,15,16). The van der Waals surface area contributed by atoms with Crippen molar-refractivity contribution in [1.29, 1.82) is 0 Å². The first-order chi connectivity index (χ1) is 8.67. The van der Waals surface area contributed by atoms with Gasteiger partial charge in [0.2, 0.25) is 11.8 Å². The van der Waals surface area contributed by atoms with E-state index in [0.717, 1.165) is 18.5 Å². The molecule has 0 fully saturated rings. The predicted molar refractivity (Wildman–Crippen MR) is 70.5 cm³/mol. The maximum absolute atomic E-state index is 5.71. The van der Waals surface area contributed by atoms with Crippen molar-refractivity contribution >= 4 is 17.1 Å². The van der Waals surface area contributed by atoms with Crippen LogP contribution in [0.3, 0.4) is 0 Å². The average Bonchev–Trinajstić information content (AvgIpc) is 2.73. The normalized spacial score (nSPS) is 12.8. The monoisotopic (exact) mass is 249 g/mol. The molecule has 6 nitrogen and oxygen atoms in total. The Kier molecular flexibility index (Phi) is 3.64. The molecule has 0 spiro atoms. The van der Waals surface area contributed by atoms with Crippen molar-refractivity contribution in [2.75, 3.05) is 12.3 Å². The summed E-state index contributed by atoms with van der Waals surface area (Å²) in [5, 5.41) is 0. The van der Waals surface area contributed by atoms with E-state index in [9.17, 15) is 0 Å². The zero-order valence-electron chi connectivity index (χ0n) is 11.1. The van der Waals surface area contributed by atoms with E-state index >= 15 is 0 Å². The molecule has 2 heterocycles. The molecule has 98 valence electrons. The highest BCUT2D eigenvalue weighted by molar-refractivity contribution is 5.77. The minimum Gasteiger partial charge on any atom is -0.476 e. The number of aromatic nitrogens is 4. The van der Waals surface area contributed by atoms with Crippen LogP contribution in [-0.2, 0) is 0 Å². The number of imidazole rings is 1. The molecular weight excluding hydrogens is 230 g/mol. The van der Waals surface area contributed by atoms with Crippen LogP contribution in [-0.4, -0.2) is 26.1 Å². The summed E-state index contributed by atoms with van der Waals surface area (Å²) in [6.45, 7) is 6.73. The van der Waals surface area contributed by atoms with Gasteiger partial charge in [0.15, 0.2) is 11.2 Å². The lowest BCUT2D eigenvalue weighted by Gasteiger charge is -2.12. The van der Waals surface area contributed by atoms with Gasteiger partial charge in [0.05, 0.1) is 12.9 Å². The first-order valence-electron chi connectivity index (χ1n) is 6.30. The highest BCUT2D eigenvalue weighted by Gasteiger charge is 2.15. The molecule has 1 unspecified atom stereocenters. The smallest absolute Gasteiger partial charge is 0.247 e. The number of ether oxygens (including phenoxy) is 1. The zero-order chi connectivity index (χ0) is 13.1. The largest absolute Gasteiger partial charge is 0.476 e. The van der Waals surface area contributed by atoms with Crippen LogP contribution in [0.25, 0.3) is 11.2 Å². The Morgan fingerprint density at radius 3 is 2.83 bits per heavy atom. The summed E-state index contributed by atoms with van der Waals surface area (Å²) < 4.78 is 7.47.